The number of carbonyl (C=O) groups excluding carboxylic acids is 1. The molecule has 3 rings (SSSR count). The predicted octanol–water partition coefficient (Wildman–Crippen LogP) is 4.81. The van der Waals surface area contributed by atoms with Crippen LogP contribution in [0.5, 0.6) is 0 Å². The fourth-order valence-corrected chi connectivity index (χ4v) is 4.40. The van der Waals surface area contributed by atoms with E-state index in [1.54, 1.807) is 17.5 Å². The van der Waals surface area contributed by atoms with E-state index in [4.69, 9.17) is 0 Å². The van der Waals surface area contributed by atoms with Gasteiger partial charge in [0, 0.05) is 58.8 Å². The molecule has 0 bridgehead atoms. The smallest absolute Gasteiger partial charge is 0.252 e. The van der Waals surface area contributed by atoms with Gasteiger partial charge >= 0.3 is 0 Å². The van der Waals surface area contributed by atoms with E-state index in [1.807, 2.05) is 24.4 Å². The second-order valence-corrected chi connectivity index (χ2v) is 8.20. The van der Waals surface area contributed by atoms with Crippen LogP contribution in [-0.4, -0.2) is 41.0 Å². The Bertz CT molecular complexity index is 909. The third-order valence-electron chi connectivity index (χ3n) is 4.77. The van der Waals surface area contributed by atoms with Gasteiger partial charge in [0.25, 0.3) is 5.91 Å². The van der Waals surface area contributed by atoms with E-state index in [-0.39, 0.29) is 5.91 Å². The Kier molecular flexibility index (Phi) is 6.24. The van der Waals surface area contributed by atoms with E-state index in [0.717, 1.165) is 17.7 Å². The Balaban J connectivity index is 1.71. The van der Waals surface area contributed by atoms with Crippen LogP contribution in [0.1, 0.15) is 38.1 Å². The van der Waals surface area contributed by atoms with E-state index < -0.39 is 0 Å². The Labute approximate surface area is 165 Å². The highest BCUT2D eigenvalue weighted by Crippen LogP contribution is 2.33. The lowest BCUT2D eigenvalue weighted by atomic mass is 10.0. The standard InChI is InChI=1S/C22H27N3OS/c1-15(2)25(16(3)4)10-9-24-22(26)18-11-17(12-23-13-18)20-14-27-21-8-6-5-7-19(20)21/h5-8,11-16H,9-10H2,1-4H3,(H,24,26). The Morgan fingerprint density at radius 1 is 1.15 bits per heavy atom. The number of fused-ring (bicyclic) bond motifs is 1. The summed E-state index contributed by atoms with van der Waals surface area (Å²) in [6.07, 6.45) is 3.46. The molecule has 1 aromatic carbocycles. The molecular formula is C22H27N3OS. The molecule has 0 spiro atoms. The van der Waals surface area contributed by atoms with Gasteiger partial charge in [-0.25, -0.2) is 0 Å². The van der Waals surface area contributed by atoms with Crippen LogP contribution in [0.4, 0.5) is 0 Å². The van der Waals surface area contributed by atoms with E-state index in [1.165, 1.54) is 10.1 Å². The van der Waals surface area contributed by atoms with Crippen LogP contribution in [0.25, 0.3) is 21.2 Å². The summed E-state index contributed by atoms with van der Waals surface area (Å²) >= 11 is 1.71. The second kappa shape index (κ2) is 8.63. The Morgan fingerprint density at radius 2 is 1.89 bits per heavy atom. The normalized spacial score (nSPS) is 11.7. The molecular weight excluding hydrogens is 354 g/mol. The largest absolute Gasteiger partial charge is 0.351 e. The summed E-state index contributed by atoms with van der Waals surface area (Å²) in [5.41, 5.74) is 2.71. The maximum Gasteiger partial charge on any atom is 0.252 e. The minimum atomic E-state index is -0.0728. The van der Waals surface area contributed by atoms with Crippen molar-refractivity contribution in [2.24, 2.45) is 0 Å². The number of nitrogens with zero attached hydrogens (tertiary/aromatic N) is 2. The maximum atomic E-state index is 12.6. The highest BCUT2D eigenvalue weighted by Gasteiger charge is 2.14. The summed E-state index contributed by atoms with van der Waals surface area (Å²) < 4.78 is 1.24. The summed E-state index contributed by atoms with van der Waals surface area (Å²) in [5, 5.41) is 6.36. The van der Waals surface area contributed by atoms with Crippen molar-refractivity contribution in [3.63, 3.8) is 0 Å². The first-order valence-electron chi connectivity index (χ1n) is 9.43. The molecule has 2 aromatic heterocycles. The first-order valence-corrected chi connectivity index (χ1v) is 10.3. The van der Waals surface area contributed by atoms with Crippen LogP contribution < -0.4 is 5.32 Å². The van der Waals surface area contributed by atoms with Crippen LogP contribution in [0, 0.1) is 0 Å². The SMILES string of the molecule is CC(C)N(CCNC(=O)c1cncc(-c2csc3ccccc23)c1)C(C)C. The molecule has 3 aromatic rings. The van der Waals surface area contributed by atoms with E-state index in [9.17, 15) is 4.79 Å². The molecule has 0 aliphatic carbocycles. The Hall–Kier alpha value is -2.24. The number of nitrogens with one attached hydrogen (secondary N) is 1. The minimum Gasteiger partial charge on any atom is -0.351 e. The molecule has 0 saturated carbocycles. The average Bonchev–Trinajstić information content (AvgIpc) is 3.08. The molecule has 0 aliphatic rings. The number of rotatable bonds is 7. The van der Waals surface area contributed by atoms with Crippen molar-refractivity contribution >= 4 is 27.3 Å². The summed E-state index contributed by atoms with van der Waals surface area (Å²) in [6, 6.07) is 11.2. The highest BCUT2D eigenvalue weighted by molar-refractivity contribution is 7.17. The van der Waals surface area contributed by atoms with Crippen LogP contribution in [0.3, 0.4) is 0 Å². The molecule has 0 aliphatic heterocycles. The molecule has 142 valence electrons. The molecule has 0 unspecified atom stereocenters. The molecule has 27 heavy (non-hydrogen) atoms. The number of benzene rings is 1. The first-order chi connectivity index (χ1) is 13.0. The number of hydrogen-bond donors (Lipinski definition) is 1. The number of aromatic nitrogens is 1. The molecule has 0 fully saturated rings. The molecule has 0 saturated heterocycles. The number of amides is 1. The fourth-order valence-electron chi connectivity index (χ4n) is 3.43. The monoisotopic (exact) mass is 381 g/mol. The number of pyridine rings is 1. The lowest BCUT2D eigenvalue weighted by Gasteiger charge is -2.30. The first kappa shape index (κ1) is 19.5. The van der Waals surface area contributed by atoms with Gasteiger partial charge in [-0.05, 0) is 45.2 Å². The fraction of sp³-hybridized carbons (Fsp3) is 0.364. The van der Waals surface area contributed by atoms with Gasteiger partial charge in [-0.2, -0.15) is 0 Å². The number of hydrogen-bond acceptors (Lipinski definition) is 4. The van der Waals surface area contributed by atoms with Crippen molar-refractivity contribution in [1.29, 1.82) is 0 Å². The molecule has 1 amide bonds. The van der Waals surface area contributed by atoms with Gasteiger partial charge in [-0.15, -0.1) is 11.3 Å². The van der Waals surface area contributed by atoms with Gasteiger partial charge < -0.3 is 5.32 Å². The predicted molar refractivity (Wildman–Crippen MR) is 114 cm³/mol. The lowest BCUT2D eigenvalue weighted by molar-refractivity contribution is 0.0939. The second-order valence-electron chi connectivity index (χ2n) is 7.29. The van der Waals surface area contributed by atoms with Crippen molar-refractivity contribution in [1.82, 2.24) is 15.2 Å². The number of carbonyl (C=O) groups is 1. The summed E-state index contributed by atoms with van der Waals surface area (Å²) in [6.45, 7) is 10.2. The van der Waals surface area contributed by atoms with Gasteiger partial charge in [0.2, 0.25) is 0 Å². The van der Waals surface area contributed by atoms with E-state index >= 15 is 0 Å². The van der Waals surface area contributed by atoms with Crippen molar-refractivity contribution in [3.8, 4) is 11.1 Å². The van der Waals surface area contributed by atoms with Gasteiger partial charge in [-0.3, -0.25) is 14.7 Å². The van der Waals surface area contributed by atoms with Crippen LogP contribution in [0.15, 0.2) is 48.1 Å². The number of thiophene rings is 1. The molecule has 4 nitrogen and oxygen atoms in total. The summed E-state index contributed by atoms with van der Waals surface area (Å²) in [4.78, 5) is 19.3. The zero-order valence-corrected chi connectivity index (χ0v) is 17.2. The molecule has 5 heteroatoms. The van der Waals surface area contributed by atoms with Gasteiger partial charge in [0.1, 0.15) is 0 Å². The van der Waals surface area contributed by atoms with E-state index in [0.29, 0.717) is 24.2 Å². The zero-order chi connectivity index (χ0) is 19.4. The van der Waals surface area contributed by atoms with Gasteiger partial charge in [-0.1, -0.05) is 18.2 Å². The molecule has 0 atom stereocenters. The topological polar surface area (TPSA) is 45.2 Å². The summed E-state index contributed by atoms with van der Waals surface area (Å²) in [5.74, 6) is -0.0728. The maximum absolute atomic E-state index is 12.6. The summed E-state index contributed by atoms with van der Waals surface area (Å²) in [7, 11) is 0. The lowest BCUT2D eigenvalue weighted by Crippen LogP contribution is -2.42. The van der Waals surface area contributed by atoms with Gasteiger partial charge in [0.05, 0.1) is 5.56 Å². The van der Waals surface area contributed by atoms with Crippen molar-refractivity contribution in [2.45, 2.75) is 39.8 Å². The quantitative estimate of drug-likeness (QED) is 0.639. The zero-order valence-electron chi connectivity index (χ0n) is 16.4. The van der Waals surface area contributed by atoms with Crippen LogP contribution in [-0.2, 0) is 0 Å². The minimum absolute atomic E-state index is 0.0728. The third-order valence-corrected chi connectivity index (χ3v) is 5.74. The van der Waals surface area contributed by atoms with E-state index in [2.05, 4.69) is 60.4 Å². The van der Waals surface area contributed by atoms with Gasteiger partial charge in [0.15, 0.2) is 0 Å². The third kappa shape index (κ3) is 4.54. The molecule has 2 heterocycles. The molecule has 0 radical (unpaired) electrons. The molecule has 1 N–H and O–H groups in total. The van der Waals surface area contributed by atoms with Crippen LogP contribution in [0.2, 0.25) is 0 Å². The van der Waals surface area contributed by atoms with Crippen LogP contribution >= 0.6 is 11.3 Å². The highest BCUT2D eigenvalue weighted by atomic mass is 32.1. The van der Waals surface area contributed by atoms with Crippen molar-refractivity contribution in [2.75, 3.05) is 13.1 Å². The van der Waals surface area contributed by atoms with Crippen molar-refractivity contribution in [3.05, 3.63) is 53.7 Å². The Morgan fingerprint density at radius 3 is 2.63 bits per heavy atom. The van der Waals surface area contributed by atoms with Crippen molar-refractivity contribution < 1.29 is 4.79 Å². The average molecular weight is 382 g/mol.